The van der Waals surface area contributed by atoms with E-state index in [1.165, 1.54) is 0 Å². The molecule has 13 heteroatoms. The SMILES string of the molecule is O=C(O)C1OC(OC2C(O)OC(C(=O)O)C(O)C2O)C(O)C(O)C1O. The molecule has 2 heterocycles. The minimum absolute atomic E-state index is 1.66. The van der Waals surface area contributed by atoms with Crippen LogP contribution in [0, 0.1) is 0 Å². The summed E-state index contributed by atoms with van der Waals surface area (Å²) in [6, 6.07) is 0. The van der Waals surface area contributed by atoms with Gasteiger partial charge in [0.15, 0.2) is 24.8 Å². The number of aliphatic carboxylic acids is 2. The van der Waals surface area contributed by atoms with Crippen molar-refractivity contribution in [3.05, 3.63) is 0 Å². The summed E-state index contributed by atoms with van der Waals surface area (Å²) in [6.45, 7) is 0. The quantitative estimate of drug-likeness (QED) is 0.232. The zero-order chi connectivity index (χ0) is 19.0. The molecule has 0 radical (unpaired) electrons. The lowest BCUT2D eigenvalue weighted by Crippen LogP contribution is -2.65. The first-order chi connectivity index (χ1) is 11.6. The average molecular weight is 370 g/mol. The van der Waals surface area contributed by atoms with Crippen molar-refractivity contribution in [1.82, 2.24) is 0 Å². The first-order valence-electron chi connectivity index (χ1n) is 7.06. The summed E-state index contributed by atoms with van der Waals surface area (Å²) in [7, 11) is 0. The van der Waals surface area contributed by atoms with Crippen LogP contribution >= 0.6 is 0 Å². The summed E-state index contributed by atoms with van der Waals surface area (Å²) >= 11 is 0. The van der Waals surface area contributed by atoms with E-state index in [0.717, 1.165) is 0 Å². The van der Waals surface area contributed by atoms with Gasteiger partial charge in [-0.25, -0.2) is 9.59 Å². The molecule has 2 rings (SSSR count). The fourth-order valence-corrected chi connectivity index (χ4v) is 2.52. The Morgan fingerprint density at radius 1 is 0.680 bits per heavy atom. The van der Waals surface area contributed by atoms with Crippen LogP contribution in [0.2, 0.25) is 0 Å². The van der Waals surface area contributed by atoms with Crippen molar-refractivity contribution >= 4 is 11.9 Å². The van der Waals surface area contributed by atoms with Gasteiger partial charge in [0, 0.05) is 0 Å². The van der Waals surface area contributed by atoms with Gasteiger partial charge in [0.05, 0.1) is 0 Å². The monoisotopic (exact) mass is 370 g/mol. The maximum atomic E-state index is 11.0. The van der Waals surface area contributed by atoms with Crippen molar-refractivity contribution in [2.45, 2.75) is 61.4 Å². The van der Waals surface area contributed by atoms with E-state index >= 15 is 0 Å². The molecule has 0 aliphatic carbocycles. The Balaban J connectivity index is 2.14. The maximum absolute atomic E-state index is 11.0. The molecule has 25 heavy (non-hydrogen) atoms. The number of hydrogen-bond donors (Lipinski definition) is 8. The molecule has 2 saturated heterocycles. The Bertz CT molecular complexity index is 511. The summed E-state index contributed by atoms with van der Waals surface area (Å²) in [6.07, 6.45) is -19.8. The van der Waals surface area contributed by atoms with Crippen molar-refractivity contribution in [3.63, 3.8) is 0 Å². The fraction of sp³-hybridized carbons (Fsp3) is 0.833. The molecule has 10 unspecified atom stereocenters. The van der Waals surface area contributed by atoms with Crippen LogP contribution in [0.25, 0.3) is 0 Å². The topological polar surface area (TPSA) is 224 Å². The third-order valence-corrected chi connectivity index (χ3v) is 3.91. The number of ether oxygens (including phenoxy) is 3. The van der Waals surface area contributed by atoms with Crippen LogP contribution in [0.3, 0.4) is 0 Å². The first-order valence-corrected chi connectivity index (χ1v) is 7.06. The van der Waals surface area contributed by atoms with E-state index < -0.39 is 73.4 Å². The third kappa shape index (κ3) is 3.74. The molecule has 0 saturated carbocycles. The smallest absolute Gasteiger partial charge is 0.335 e. The zero-order valence-electron chi connectivity index (χ0n) is 12.4. The molecule has 2 aliphatic rings. The molecule has 2 fully saturated rings. The van der Waals surface area contributed by atoms with E-state index in [1.807, 2.05) is 0 Å². The van der Waals surface area contributed by atoms with E-state index in [1.54, 1.807) is 0 Å². The van der Waals surface area contributed by atoms with E-state index in [9.17, 15) is 40.2 Å². The van der Waals surface area contributed by atoms with Crippen LogP contribution in [-0.2, 0) is 23.8 Å². The van der Waals surface area contributed by atoms with Crippen molar-refractivity contribution in [1.29, 1.82) is 0 Å². The molecule has 13 nitrogen and oxygen atoms in total. The van der Waals surface area contributed by atoms with Gasteiger partial charge < -0.3 is 55.1 Å². The zero-order valence-corrected chi connectivity index (χ0v) is 12.4. The maximum Gasteiger partial charge on any atom is 0.335 e. The molecule has 0 spiro atoms. The lowest BCUT2D eigenvalue weighted by atomic mass is 9.97. The Hall–Kier alpha value is -1.42. The average Bonchev–Trinajstić information content (AvgIpc) is 2.53. The van der Waals surface area contributed by atoms with Gasteiger partial charge in [-0.15, -0.1) is 0 Å². The Labute approximate surface area is 139 Å². The molecular weight excluding hydrogens is 352 g/mol. The Kier molecular flexibility index (Phi) is 5.93. The summed E-state index contributed by atoms with van der Waals surface area (Å²) < 4.78 is 14.4. The van der Waals surface area contributed by atoms with Crippen molar-refractivity contribution in [2.24, 2.45) is 0 Å². The third-order valence-electron chi connectivity index (χ3n) is 3.91. The lowest BCUT2D eigenvalue weighted by molar-refractivity contribution is -0.354. The van der Waals surface area contributed by atoms with Gasteiger partial charge in [-0.1, -0.05) is 0 Å². The molecular formula is C12H18O13. The number of hydrogen-bond acceptors (Lipinski definition) is 11. The highest BCUT2D eigenvalue weighted by Gasteiger charge is 2.52. The largest absolute Gasteiger partial charge is 0.479 e. The highest BCUT2D eigenvalue weighted by atomic mass is 16.7. The van der Waals surface area contributed by atoms with E-state index in [-0.39, 0.29) is 0 Å². The van der Waals surface area contributed by atoms with Crippen LogP contribution in [0.5, 0.6) is 0 Å². The summed E-state index contributed by atoms with van der Waals surface area (Å²) in [5.74, 6) is -3.35. The van der Waals surface area contributed by atoms with E-state index in [2.05, 4.69) is 4.74 Å². The van der Waals surface area contributed by atoms with Crippen molar-refractivity contribution < 1.29 is 64.7 Å². The van der Waals surface area contributed by atoms with Crippen molar-refractivity contribution in [3.8, 4) is 0 Å². The summed E-state index contributed by atoms with van der Waals surface area (Å²) in [5, 5.41) is 76.1. The normalized spacial score (nSPS) is 48.1. The highest BCUT2D eigenvalue weighted by molar-refractivity contribution is 5.73. The van der Waals surface area contributed by atoms with E-state index in [0.29, 0.717) is 0 Å². The lowest BCUT2D eigenvalue weighted by Gasteiger charge is -2.43. The van der Waals surface area contributed by atoms with Gasteiger partial charge in [0.1, 0.15) is 36.6 Å². The number of rotatable bonds is 4. The van der Waals surface area contributed by atoms with Gasteiger partial charge in [-0.05, 0) is 0 Å². The molecule has 0 amide bonds. The molecule has 0 bridgehead atoms. The van der Waals surface area contributed by atoms with Crippen LogP contribution in [0.15, 0.2) is 0 Å². The highest BCUT2D eigenvalue weighted by Crippen LogP contribution is 2.28. The molecule has 144 valence electrons. The molecule has 10 atom stereocenters. The Morgan fingerprint density at radius 2 is 1.16 bits per heavy atom. The van der Waals surface area contributed by atoms with Gasteiger partial charge in [0.25, 0.3) is 0 Å². The second kappa shape index (κ2) is 7.45. The molecule has 0 aromatic carbocycles. The predicted molar refractivity (Wildman–Crippen MR) is 69.7 cm³/mol. The molecule has 8 N–H and O–H groups in total. The minimum Gasteiger partial charge on any atom is -0.479 e. The second-order valence-corrected chi connectivity index (χ2v) is 5.60. The summed E-state index contributed by atoms with van der Waals surface area (Å²) in [4.78, 5) is 21.9. The van der Waals surface area contributed by atoms with Gasteiger partial charge >= 0.3 is 11.9 Å². The minimum atomic E-state index is -2.08. The van der Waals surface area contributed by atoms with Crippen LogP contribution < -0.4 is 0 Å². The predicted octanol–water partition coefficient (Wildman–Crippen LogP) is -5.21. The summed E-state index contributed by atoms with van der Waals surface area (Å²) in [5.41, 5.74) is 0. The van der Waals surface area contributed by atoms with Gasteiger partial charge in [-0.3, -0.25) is 0 Å². The standard InChI is InChI=1S/C12H18O13/c13-1-2(14)7(10(20)21)24-12(5(1)17)25-8-4(16)3(15)6(9(18)19)23-11(8)22/h1-8,11-17,22H,(H,18,19)(H,20,21). The fourth-order valence-electron chi connectivity index (χ4n) is 2.52. The number of aliphatic hydroxyl groups is 6. The number of carbonyl (C=O) groups is 2. The van der Waals surface area contributed by atoms with Crippen LogP contribution in [0.4, 0.5) is 0 Å². The second-order valence-electron chi connectivity index (χ2n) is 5.60. The van der Waals surface area contributed by atoms with Crippen molar-refractivity contribution in [2.75, 3.05) is 0 Å². The first kappa shape index (κ1) is 19.9. The number of aliphatic hydroxyl groups excluding tert-OH is 6. The van der Waals surface area contributed by atoms with Crippen LogP contribution in [-0.4, -0.2) is 114 Å². The molecule has 0 aromatic heterocycles. The molecule has 0 aromatic rings. The number of carboxylic acids is 2. The van der Waals surface area contributed by atoms with Gasteiger partial charge in [-0.2, -0.15) is 0 Å². The molecule has 2 aliphatic heterocycles. The number of carboxylic acid groups (broad SMARTS) is 2. The van der Waals surface area contributed by atoms with Crippen LogP contribution in [0.1, 0.15) is 0 Å². The van der Waals surface area contributed by atoms with E-state index in [4.69, 9.17) is 19.7 Å². The Morgan fingerprint density at radius 3 is 1.68 bits per heavy atom. The van der Waals surface area contributed by atoms with Gasteiger partial charge in [0.2, 0.25) is 0 Å².